The Morgan fingerprint density at radius 2 is 1.81 bits per heavy atom. The second-order valence-corrected chi connectivity index (χ2v) is 4.78. The fourth-order valence-corrected chi connectivity index (χ4v) is 0.896. The molecule has 0 fully saturated rings. The van der Waals surface area contributed by atoms with Crippen molar-refractivity contribution in [2.75, 3.05) is 0 Å². The Hall–Kier alpha value is -1.57. The lowest BCUT2D eigenvalue weighted by atomic mass is 9.98. The molecule has 0 rings (SSSR count). The summed E-state index contributed by atoms with van der Waals surface area (Å²) < 4.78 is 4.89. The first-order valence-electron chi connectivity index (χ1n) is 5.05. The second kappa shape index (κ2) is 5.50. The molecule has 0 saturated heterocycles. The minimum atomic E-state index is -1.05. The van der Waals surface area contributed by atoms with Crippen LogP contribution in [0.3, 0.4) is 0 Å². The van der Waals surface area contributed by atoms with Crippen molar-refractivity contribution < 1.29 is 19.4 Å². The normalized spacial score (nSPS) is 12.6. The fraction of sp³-hybridized carbons (Fsp3) is 0.727. The monoisotopic (exact) mass is 228 g/mol. The quantitative estimate of drug-likeness (QED) is 0.788. The highest BCUT2D eigenvalue weighted by atomic mass is 16.6. The van der Waals surface area contributed by atoms with Crippen molar-refractivity contribution in [3.05, 3.63) is 4.85 Å². The van der Waals surface area contributed by atoms with Gasteiger partial charge in [0.1, 0.15) is 5.60 Å². The summed E-state index contributed by atoms with van der Waals surface area (Å²) in [5.74, 6) is -2.13. The zero-order chi connectivity index (χ0) is 12.9. The number of carboxylic acids is 1. The van der Waals surface area contributed by atoms with E-state index in [-0.39, 0.29) is 5.92 Å². The summed E-state index contributed by atoms with van der Waals surface area (Å²) in [4.78, 5) is 25.3. The van der Waals surface area contributed by atoms with E-state index in [0.717, 1.165) is 0 Å². The molecule has 1 amide bonds. The SMILES string of the molecule is CC(C)C(C#[N+]C(=O)OC(C)(C)C)C(=O)O. The molecule has 5 heteroatoms. The lowest BCUT2D eigenvalue weighted by Crippen LogP contribution is -2.22. The van der Waals surface area contributed by atoms with Gasteiger partial charge >= 0.3 is 18.1 Å². The van der Waals surface area contributed by atoms with Crippen LogP contribution in [0.5, 0.6) is 0 Å². The molecule has 0 bridgehead atoms. The van der Waals surface area contributed by atoms with Gasteiger partial charge in [-0.2, -0.15) is 4.79 Å². The van der Waals surface area contributed by atoms with Crippen molar-refractivity contribution in [3.63, 3.8) is 0 Å². The van der Waals surface area contributed by atoms with Crippen LogP contribution in [0.1, 0.15) is 34.6 Å². The van der Waals surface area contributed by atoms with Crippen molar-refractivity contribution in [1.82, 2.24) is 0 Å². The van der Waals surface area contributed by atoms with Crippen LogP contribution in [0.4, 0.5) is 4.79 Å². The summed E-state index contributed by atoms with van der Waals surface area (Å²) >= 11 is 0. The molecular formula is C11H18NO4+. The van der Waals surface area contributed by atoms with E-state index in [2.05, 4.69) is 10.9 Å². The molecule has 0 spiro atoms. The molecule has 0 aromatic heterocycles. The number of hydrogen-bond donors (Lipinski definition) is 1. The van der Waals surface area contributed by atoms with Crippen molar-refractivity contribution in [3.8, 4) is 6.07 Å². The zero-order valence-electron chi connectivity index (χ0n) is 10.3. The van der Waals surface area contributed by atoms with Gasteiger partial charge in [-0.05, 0) is 26.7 Å². The van der Waals surface area contributed by atoms with E-state index >= 15 is 0 Å². The van der Waals surface area contributed by atoms with Crippen molar-refractivity contribution in [1.29, 1.82) is 0 Å². The van der Waals surface area contributed by atoms with Gasteiger partial charge in [0.15, 0.2) is 5.92 Å². The molecule has 1 N–H and O–H groups in total. The number of carbonyl (C=O) groups is 2. The molecule has 16 heavy (non-hydrogen) atoms. The molecule has 0 aliphatic rings. The number of ether oxygens (including phenoxy) is 1. The third-order valence-corrected chi connectivity index (χ3v) is 1.62. The predicted octanol–water partition coefficient (Wildman–Crippen LogP) is 2.61. The molecule has 0 radical (unpaired) electrons. The molecule has 90 valence electrons. The van der Waals surface area contributed by atoms with Gasteiger partial charge in [0.2, 0.25) is 0 Å². The van der Waals surface area contributed by atoms with Gasteiger partial charge in [-0.1, -0.05) is 13.8 Å². The molecule has 0 aromatic rings. The van der Waals surface area contributed by atoms with Crippen molar-refractivity contribution >= 4 is 12.1 Å². The smallest absolute Gasteiger partial charge is 0.480 e. The molecule has 0 heterocycles. The minimum Gasteiger partial charge on any atom is -0.480 e. The molecule has 1 unspecified atom stereocenters. The number of amides is 1. The Kier molecular flexibility index (Phi) is 4.96. The van der Waals surface area contributed by atoms with E-state index < -0.39 is 23.6 Å². The van der Waals surface area contributed by atoms with E-state index in [1.807, 2.05) is 0 Å². The first kappa shape index (κ1) is 14.4. The lowest BCUT2D eigenvalue weighted by molar-refractivity contribution is -0.140. The van der Waals surface area contributed by atoms with Gasteiger partial charge in [-0.3, -0.25) is 4.79 Å². The van der Waals surface area contributed by atoms with Crippen LogP contribution >= 0.6 is 0 Å². The first-order chi connectivity index (χ1) is 7.13. The maximum Gasteiger partial charge on any atom is 0.728 e. The summed E-state index contributed by atoms with van der Waals surface area (Å²) in [7, 11) is 0. The summed E-state index contributed by atoms with van der Waals surface area (Å²) in [6.45, 7) is 8.55. The predicted molar refractivity (Wildman–Crippen MR) is 59.4 cm³/mol. The third-order valence-electron chi connectivity index (χ3n) is 1.62. The average molecular weight is 228 g/mol. The van der Waals surface area contributed by atoms with Gasteiger partial charge in [-0.25, -0.2) is 0 Å². The van der Waals surface area contributed by atoms with Gasteiger partial charge in [0.25, 0.3) is 0 Å². The fourth-order valence-electron chi connectivity index (χ4n) is 0.896. The van der Waals surface area contributed by atoms with Crippen molar-refractivity contribution in [2.45, 2.75) is 40.2 Å². The topological polar surface area (TPSA) is 68.0 Å². The highest BCUT2D eigenvalue weighted by Gasteiger charge is 2.28. The van der Waals surface area contributed by atoms with E-state index in [0.29, 0.717) is 0 Å². The number of nitrogens with zero attached hydrogens (tertiary/aromatic N) is 1. The summed E-state index contributed by atoms with van der Waals surface area (Å²) in [5.41, 5.74) is -0.640. The molecule has 5 nitrogen and oxygen atoms in total. The number of aliphatic carboxylic acids is 1. The Balaban J connectivity index is 4.59. The molecule has 1 atom stereocenters. The number of carbonyl (C=O) groups excluding carboxylic acids is 1. The lowest BCUT2D eigenvalue weighted by Gasteiger charge is -2.12. The zero-order valence-corrected chi connectivity index (χ0v) is 10.3. The summed E-state index contributed by atoms with van der Waals surface area (Å²) in [6, 6.07) is 2.29. The van der Waals surface area contributed by atoms with Crippen molar-refractivity contribution in [2.24, 2.45) is 11.8 Å². The third kappa shape index (κ3) is 6.02. The molecular weight excluding hydrogens is 210 g/mol. The average Bonchev–Trinajstić information content (AvgIpc) is 1.98. The highest BCUT2D eigenvalue weighted by Crippen LogP contribution is 2.11. The Morgan fingerprint density at radius 3 is 2.12 bits per heavy atom. The molecule has 0 aliphatic carbocycles. The van der Waals surface area contributed by atoms with Gasteiger partial charge in [0, 0.05) is 0 Å². The number of hydrogen-bond acceptors (Lipinski definition) is 3. The number of carboxylic acid groups (broad SMARTS) is 1. The van der Waals surface area contributed by atoms with Crippen LogP contribution in [-0.2, 0) is 9.53 Å². The Morgan fingerprint density at radius 1 is 1.31 bits per heavy atom. The van der Waals surface area contributed by atoms with Crippen LogP contribution in [0, 0.1) is 17.9 Å². The van der Waals surface area contributed by atoms with Crippen LogP contribution in [0.25, 0.3) is 4.85 Å². The highest BCUT2D eigenvalue weighted by molar-refractivity contribution is 5.81. The second-order valence-electron chi connectivity index (χ2n) is 4.78. The first-order valence-corrected chi connectivity index (χ1v) is 5.05. The molecule has 0 saturated carbocycles. The summed E-state index contributed by atoms with van der Waals surface area (Å²) in [6.07, 6.45) is -0.820. The standard InChI is InChI=1S/C11H17NO4/c1-7(2)8(9(13)14)6-12-10(15)16-11(3,4)5/h7-8H,1-5H3/p+1. The maximum atomic E-state index is 11.2. The van der Waals surface area contributed by atoms with E-state index in [1.165, 1.54) is 0 Å². The van der Waals surface area contributed by atoms with Gasteiger partial charge in [-0.15, -0.1) is 0 Å². The van der Waals surface area contributed by atoms with Gasteiger partial charge < -0.3 is 9.84 Å². The largest absolute Gasteiger partial charge is 0.728 e. The summed E-state index contributed by atoms with van der Waals surface area (Å²) in [5, 5.41) is 8.81. The Bertz CT molecular complexity index is 330. The molecule has 0 aromatic carbocycles. The van der Waals surface area contributed by atoms with E-state index in [1.54, 1.807) is 34.6 Å². The minimum absolute atomic E-state index is 0.177. The number of rotatable bonds is 2. The van der Waals surface area contributed by atoms with E-state index in [4.69, 9.17) is 9.84 Å². The van der Waals surface area contributed by atoms with Gasteiger partial charge in [0.05, 0.1) is 4.85 Å². The van der Waals surface area contributed by atoms with Crippen LogP contribution in [0.15, 0.2) is 0 Å². The van der Waals surface area contributed by atoms with Crippen LogP contribution in [0.2, 0.25) is 0 Å². The molecule has 0 aliphatic heterocycles. The van der Waals surface area contributed by atoms with Crippen LogP contribution in [-0.4, -0.2) is 22.8 Å². The Labute approximate surface area is 95.2 Å². The van der Waals surface area contributed by atoms with E-state index in [9.17, 15) is 9.59 Å². The van der Waals surface area contributed by atoms with Crippen LogP contribution < -0.4 is 0 Å². The maximum absolute atomic E-state index is 11.2.